The molecule has 1 aromatic carbocycles. The van der Waals surface area contributed by atoms with Crippen molar-refractivity contribution in [1.82, 2.24) is 15.5 Å². The van der Waals surface area contributed by atoms with E-state index in [9.17, 15) is 0 Å². The summed E-state index contributed by atoms with van der Waals surface area (Å²) in [4.78, 5) is 7.20. The van der Waals surface area contributed by atoms with E-state index in [1.165, 1.54) is 25.9 Å². The molecule has 0 radical (unpaired) electrons. The summed E-state index contributed by atoms with van der Waals surface area (Å²) in [5.74, 6) is 1.60. The van der Waals surface area contributed by atoms with E-state index in [0.29, 0.717) is 12.5 Å². The first-order chi connectivity index (χ1) is 11.2. The molecule has 0 amide bonds. The molecule has 128 valence electrons. The van der Waals surface area contributed by atoms with Gasteiger partial charge in [0.1, 0.15) is 0 Å². The normalized spacial score (nSPS) is 19.6. The van der Waals surface area contributed by atoms with Gasteiger partial charge in [0.05, 0.1) is 6.54 Å². The van der Waals surface area contributed by atoms with E-state index in [1.54, 1.807) is 0 Å². The van der Waals surface area contributed by atoms with E-state index in [0.717, 1.165) is 36.2 Å². The highest BCUT2D eigenvalue weighted by atomic mass is 35.5. The summed E-state index contributed by atoms with van der Waals surface area (Å²) in [7, 11) is 0. The summed E-state index contributed by atoms with van der Waals surface area (Å²) in [6, 6.07) is 7.88. The third-order valence-electron chi connectivity index (χ3n) is 4.26. The molecule has 23 heavy (non-hydrogen) atoms. The third-order valence-corrected chi connectivity index (χ3v) is 4.50. The Morgan fingerprint density at radius 3 is 2.96 bits per heavy atom. The quantitative estimate of drug-likeness (QED) is 0.619. The number of piperidine rings is 1. The molecular weight excluding hydrogens is 308 g/mol. The second kappa shape index (κ2) is 9.78. The molecule has 2 rings (SSSR count). The van der Waals surface area contributed by atoms with Crippen LogP contribution in [-0.4, -0.2) is 43.6 Å². The average molecular weight is 337 g/mol. The lowest BCUT2D eigenvalue weighted by Gasteiger charge is -2.32. The predicted molar refractivity (Wildman–Crippen MR) is 99.1 cm³/mol. The number of rotatable bonds is 6. The van der Waals surface area contributed by atoms with Crippen molar-refractivity contribution in [1.29, 1.82) is 0 Å². The van der Waals surface area contributed by atoms with E-state index >= 15 is 0 Å². The molecule has 1 aromatic rings. The Morgan fingerprint density at radius 2 is 2.22 bits per heavy atom. The molecular formula is C18H29ClN4. The third kappa shape index (κ3) is 6.40. The maximum absolute atomic E-state index is 6.03. The largest absolute Gasteiger partial charge is 0.357 e. The molecule has 1 fully saturated rings. The number of halogens is 1. The Hall–Kier alpha value is -1.26. The molecule has 0 saturated carbocycles. The number of guanidine groups is 1. The number of nitrogens with one attached hydrogen (secondary N) is 2. The fourth-order valence-electron chi connectivity index (χ4n) is 2.99. The summed E-state index contributed by atoms with van der Waals surface area (Å²) in [6.07, 6.45) is 2.60. The zero-order chi connectivity index (χ0) is 16.5. The van der Waals surface area contributed by atoms with Crippen LogP contribution in [0, 0.1) is 5.92 Å². The molecule has 0 bridgehead atoms. The van der Waals surface area contributed by atoms with Gasteiger partial charge >= 0.3 is 0 Å². The van der Waals surface area contributed by atoms with Crippen LogP contribution in [-0.2, 0) is 6.54 Å². The van der Waals surface area contributed by atoms with E-state index in [2.05, 4.69) is 40.4 Å². The predicted octanol–water partition coefficient (Wildman–Crippen LogP) is 3.13. The molecule has 2 N–H and O–H groups in total. The summed E-state index contributed by atoms with van der Waals surface area (Å²) in [5.41, 5.74) is 1.13. The van der Waals surface area contributed by atoms with Gasteiger partial charge in [0.2, 0.25) is 0 Å². The van der Waals surface area contributed by atoms with E-state index in [-0.39, 0.29) is 0 Å². The lowest BCUT2D eigenvalue weighted by molar-refractivity contribution is 0.183. The summed E-state index contributed by atoms with van der Waals surface area (Å²) in [6.45, 7) is 10.4. The number of likely N-dealkylation sites (tertiary alicyclic amines) is 1. The van der Waals surface area contributed by atoms with Gasteiger partial charge in [-0.25, -0.2) is 4.99 Å². The van der Waals surface area contributed by atoms with E-state index in [1.807, 2.05) is 18.2 Å². The van der Waals surface area contributed by atoms with Gasteiger partial charge in [-0.2, -0.15) is 0 Å². The Balaban J connectivity index is 1.86. The molecule has 1 aliphatic rings. The molecule has 0 aliphatic carbocycles. The van der Waals surface area contributed by atoms with Crippen LogP contribution in [0.25, 0.3) is 0 Å². The lowest BCUT2D eigenvalue weighted by Crippen LogP contribution is -2.44. The molecule has 4 nitrogen and oxygen atoms in total. The van der Waals surface area contributed by atoms with Gasteiger partial charge in [-0.3, -0.25) is 0 Å². The first-order valence-electron chi connectivity index (χ1n) is 8.70. The second-order valence-corrected chi connectivity index (χ2v) is 6.54. The van der Waals surface area contributed by atoms with Crippen LogP contribution in [0.5, 0.6) is 0 Å². The van der Waals surface area contributed by atoms with Crippen molar-refractivity contribution in [3.05, 3.63) is 34.9 Å². The number of hydrogen-bond acceptors (Lipinski definition) is 2. The van der Waals surface area contributed by atoms with Crippen molar-refractivity contribution in [2.45, 2.75) is 33.2 Å². The Labute approximate surface area is 145 Å². The smallest absolute Gasteiger partial charge is 0.191 e. The topological polar surface area (TPSA) is 39.7 Å². The van der Waals surface area contributed by atoms with Gasteiger partial charge < -0.3 is 15.5 Å². The highest BCUT2D eigenvalue weighted by Gasteiger charge is 2.18. The summed E-state index contributed by atoms with van der Waals surface area (Å²) >= 11 is 6.03. The van der Waals surface area contributed by atoms with Gasteiger partial charge in [0.25, 0.3) is 0 Å². The monoisotopic (exact) mass is 336 g/mol. The van der Waals surface area contributed by atoms with Crippen LogP contribution in [0.4, 0.5) is 0 Å². The first-order valence-corrected chi connectivity index (χ1v) is 9.08. The summed E-state index contributed by atoms with van der Waals surface area (Å²) in [5, 5.41) is 7.59. The van der Waals surface area contributed by atoms with E-state index in [4.69, 9.17) is 11.6 Å². The Morgan fingerprint density at radius 1 is 1.35 bits per heavy atom. The Kier molecular flexibility index (Phi) is 7.69. The van der Waals surface area contributed by atoms with Crippen LogP contribution in [0.15, 0.2) is 29.3 Å². The van der Waals surface area contributed by atoms with Crippen LogP contribution < -0.4 is 10.6 Å². The molecule has 1 unspecified atom stereocenters. The molecule has 0 spiro atoms. The number of benzene rings is 1. The number of nitrogens with zero attached hydrogens (tertiary/aromatic N) is 2. The number of aliphatic imine (C=N–C) groups is 1. The highest BCUT2D eigenvalue weighted by molar-refractivity contribution is 6.30. The van der Waals surface area contributed by atoms with Crippen LogP contribution in [0.3, 0.4) is 0 Å². The van der Waals surface area contributed by atoms with Gasteiger partial charge in [0, 0.05) is 24.7 Å². The van der Waals surface area contributed by atoms with Crippen molar-refractivity contribution >= 4 is 17.6 Å². The van der Waals surface area contributed by atoms with Crippen LogP contribution >= 0.6 is 11.6 Å². The molecule has 0 aromatic heterocycles. The van der Waals surface area contributed by atoms with Crippen molar-refractivity contribution in [2.24, 2.45) is 10.9 Å². The fraction of sp³-hybridized carbons (Fsp3) is 0.611. The Bertz CT molecular complexity index is 504. The fourth-order valence-corrected chi connectivity index (χ4v) is 3.21. The highest BCUT2D eigenvalue weighted by Crippen LogP contribution is 2.15. The van der Waals surface area contributed by atoms with Crippen molar-refractivity contribution < 1.29 is 0 Å². The van der Waals surface area contributed by atoms with Gasteiger partial charge in [-0.1, -0.05) is 30.7 Å². The molecule has 1 saturated heterocycles. The molecule has 1 heterocycles. The van der Waals surface area contributed by atoms with Crippen LogP contribution in [0.2, 0.25) is 5.02 Å². The van der Waals surface area contributed by atoms with Gasteiger partial charge in [-0.15, -0.1) is 0 Å². The second-order valence-electron chi connectivity index (χ2n) is 6.11. The maximum atomic E-state index is 6.03. The summed E-state index contributed by atoms with van der Waals surface area (Å²) < 4.78 is 0. The lowest BCUT2D eigenvalue weighted by atomic mass is 9.98. The standard InChI is InChI=1S/C18H29ClN4/c1-3-20-18(21-12-15-7-5-9-17(19)11-15)22-13-16-8-6-10-23(4-2)14-16/h5,7,9,11,16H,3-4,6,8,10,12-14H2,1-2H3,(H2,20,21,22). The molecule has 1 aliphatic heterocycles. The molecule has 1 atom stereocenters. The SMILES string of the molecule is CCNC(=NCc1cccc(Cl)c1)NCC1CCCN(CC)C1. The average Bonchev–Trinajstić information content (AvgIpc) is 2.57. The number of hydrogen-bond donors (Lipinski definition) is 2. The minimum atomic E-state index is 0.641. The zero-order valence-corrected chi connectivity index (χ0v) is 15.1. The van der Waals surface area contributed by atoms with Crippen molar-refractivity contribution in [2.75, 3.05) is 32.7 Å². The van der Waals surface area contributed by atoms with Gasteiger partial charge in [0.15, 0.2) is 5.96 Å². The minimum absolute atomic E-state index is 0.641. The van der Waals surface area contributed by atoms with Crippen LogP contribution in [0.1, 0.15) is 32.3 Å². The molecule has 5 heteroatoms. The first kappa shape index (κ1) is 18.1. The zero-order valence-electron chi connectivity index (χ0n) is 14.3. The minimum Gasteiger partial charge on any atom is -0.357 e. The van der Waals surface area contributed by atoms with Crippen molar-refractivity contribution in [3.8, 4) is 0 Å². The van der Waals surface area contributed by atoms with Crippen molar-refractivity contribution in [3.63, 3.8) is 0 Å². The van der Waals surface area contributed by atoms with E-state index < -0.39 is 0 Å². The maximum Gasteiger partial charge on any atom is 0.191 e. The van der Waals surface area contributed by atoms with Gasteiger partial charge in [-0.05, 0) is 56.5 Å².